The molecule has 0 aromatic carbocycles. The number of piperidine rings is 1. The van der Waals surface area contributed by atoms with Gasteiger partial charge < -0.3 is 14.5 Å². The highest BCUT2D eigenvalue weighted by molar-refractivity contribution is 5.76. The van der Waals surface area contributed by atoms with Crippen LogP contribution in [-0.2, 0) is 11.2 Å². The minimum atomic E-state index is 0.124. The van der Waals surface area contributed by atoms with E-state index in [4.69, 9.17) is 4.52 Å². The van der Waals surface area contributed by atoms with E-state index in [-0.39, 0.29) is 18.4 Å². The van der Waals surface area contributed by atoms with Crippen LogP contribution in [0.1, 0.15) is 62.6 Å². The number of rotatable bonds is 5. The molecule has 2 fully saturated rings. The average Bonchev–Trinajstić information content (AvgIpc) is 3.23. The van der Waals surface area contributed by atoms with E-state index in [9.17, 15) is 9.90 Å². The van der Waals surface area contributed by atoms with Gasteiger partial charge in [-0.2, -0.15) is 4.98 Å². The van der Waals surface area contributed by atoms with Crippen LogP contribution in [0.5, 0.6) is 0 Å². The second-order valence-corrected chi connectivity index (χ2v) is 6.56. The Morgan fingerprint density at radius 3 is 2.86 bits per heavy atom. The number of likely N-dealkylation sites (tertiary alicyclic amines) is 1. The molecule has 1 aromatic rings. The van der Waals surface area contributed by atoms with Crippen LogP contribution in [0.25, 0.3) is 0 Å². The molecule has 1 N–H and O–H groups in total. The molecule has 1 atom stereocenters. The van der Waals surface area contributed by atoms with Crippen molar-refractivity contribution in [2.24, 2.45) is 5.92 Å². The van der Waals surface area contributed by atoms with E-state index in [2.05, 4.69) is 10.1 Å². The maximum absolute atomic E-state index is 12.3. The standard InChI is InChI=1S/C16H25N3O3/c20-11-12-4-3-9-19(10-12)15(21)8-7-14-17-16(18-22-14)13-5-1-2-6-13/h12-13,20H,1-11H2. The molecule has 2 heterocycles. The second kappa shape index (κ2) is 7.22. The molecule has 1 unspecified atom stereocenters. The van der Waals surface area contributed by atoms with Gasteiger partial charge in [-0.05, 0) is 31.6 Å². The number of aryl methyl sites for hydroxylation is 1. The first kappa shape index (κ1) is 15.5. The first-order valence-corrected chi connectivity index (χ1v) is 8.47. The average molecular weight is 307 g/mol. The van der Waals surface area contributed by atoms with Gasteiger partial charge in [0.25, 0.3) is 0 Å². The summed E-state index contributed by atoms with van der Waals surface area (Å²) in [6.07, 6.45) is 7.69. The lowest BCUT2D eigenvalue weighted by molar-refractivity contribution is -0.133. The molecule has 2 aliphatic rings. The number of nitrogens with zero attached hydrogens (tertiary/aromatic N) is 3. The normalized spacial score (nSPS) is 23.1. The summed E-state index contributed by atoms with van der Waals surface area (Å²) in [4.78, 5) is 18.6. The Bertz CT molecular complexity index is 497. The van der Waals surface area contributed by atoms with Crippen molar-refractivity contribution in [1.82, 2.24) is 15.0 Å². The van der Waals surface area contributed by atoms with Crippen LogP contribution in [0.3, 0.4) is 0 Å². The molecule has 1 saturated carbocycles. The third kappa shape index (κ3) is 3.66. The van der Waals surface area contributed by atoms with E-state index in [1.165, 1.54) is 12.8 Å². The Balaban J connectivity index is 1.48. The summed E-state index contributed by atoms with van der Waals surface area (Å²) in [7, 11) is 0. The predicted octanol–water partition coefficient (Wildman–Crippen LogP) is 1.89. The van der Waals surface area contributed by atoms with Gasteiger partial charge in [0.05, 0.1) is 0 Å². The molecule has 1 aromatic heterocycles. The smallest absolute Gasteiger partial charge is 0.227 e. The zero-order chi connectivity index (χ0) is 15.4. The summed E-state index contributed by atoms with van der Waals surface area (Å²) in [5.41, 5.74) is 0. The number of aromatic nitrogens is 2. The fourth-order valence-corrected chi connectivity index (χ4v) is 3.53. The summed E-state index contributed by atoms with van der Waals surface area (Å²) in [6, 6.07) is 0. The lowest BCUT2D eigenvalue weighted by atomic mass is 9.99. The van der Waals surface area contributed by atoms with Gasteiger partial charge in [-0.1, -0.05) is 18.0 Å². The molecular weight excluding hydrogens is 282 g/mol. The van der Waals surface area contributed by atoms with E-state index in [0.29, 0.717) is 31.2 Å². The van der Waals surface area contributed by atoms with Gasteiger partial charge in [-0.25, -0.2) is 0 Å². The van der Waals surface area contributed by atoms with E-state index < -0.39 is 0 Å². The molecule has 0 bridgehead atoms. The summed E-state index contributed by atoms with van der Waals surface area (Å²) in [6.45, 7) is 1.64. The number of hydrogen-bond donors (Lipinski definition) is 1. The molecule has 122 valence electrons. The summed E-state index contributed by atoms with van der Waals surface area (Å²) in [5.74, 6) is 2.19. The Hall–Kier alpha value is -1.43. The van der Waals surface area contributed by atoms with Gasteiger partial charge in [0.1, 0.15) is 0 Å². The second-order valence-electron chi connectivity index (χ2n) is 6.56. The number of carbonyl (C=O) groups is 1. The topological polar surface area (TPSA) is 79.5 Å². The van der Waals surface area contributed by atoms with E-state index in [0.717, 1.165) is 38.1 Å². The quantitative estimate of drug-likeness (QED) is 0.898. The van der Waals surface area contributed by atoms with Gasteiger partial charge in [0.2, 0.25) is 11.8 Å². The highest BCUT2D eigenvalue weighted by atomic mass is 16.5. The fraction of sp³-hybridized carbons (Fsp3) is 0.812. The third-order valence-corrected chi connectivity index (χ3v) is 4.89. The molecule has 1 saturated heterocycles. The number of aliphatic hydroxyl groups is 1. The lowest BCUT2D eigenvalue weighted by Gasteiger charge is -2.31. The van der Waals surface area contributed by atoms with Gasteiger partial charge >= 0.3 is 0 Å². The lowest BCUT2D eigenvalue weighted by Crippen LogP contribution is -2.41. The van der Waals surface area contributed by atoms with Gasteiger partial charge in [0, 0.05) is 38.5 Å². The molecule has 1 aliphatic heterocycles. The van der Waals surface area contributed by atoms with Crippen molar-refractivity contribution in [3.63, 3.8) is 0 Å². The molecule has 3 rings (SSSR count). The maximum atomic E-state index is 12.3. The molecule has 6 nitrogen and oxygen atoms in total. The largest absolute Gasteiger partial charge is 0.396 e. The minimum Gasteiger partial charge on any atom is -0.396 e. The monoisotopic (exact) mass is 307 g/mol. The van der Waals surface area contributed by atoms with Crippen molar-refractivity contribution < 1.29 is 14.4 Å². The third-order valence-electron chi connectivity index (χ3n) is 4.89. The highest BCUT2D eigenvalue weighted by Gasteiger charge is 2.25. The SMILES string of the molecule is O=C(CCc1nc(C2CCCC2)no1)N1CCCC(CO)C1. The summed E-state index contributed by atoms with van der Waals surface area (Å²) < 4.78 is 5.29. The van der Waals surface area contributed by atoms with Crippen molar-refractivity contribution >= 4 is 5.91 Å². The molecular formula is C16H25N3O3. The Kier molecular flexibility index (Phi) is 5.08. The molecule has 0 spiro atoms. The highest BCUT2D eigenvalue weighted by Crippen LogP contribution is 2.32. The van der Waals surface area contributed by atoms with Crippen LogP contribution in [0, 0.1) is 5.92 Å². The van der Waals surface area contributed by atoms with Crippen LogP contribution in [0.2, 0.25) is 0 Å². The number of amides is 1. The van der Waals surface area contributed by atoms with Gasteiger partial charge in [-0.15, -0.1) is 0 Å². The van der Waals surface area contributed by atoms with Crippen molar-refractivity contribution in [3.8, 4) is 0 Å². The van der Waals surface area contributed by atoms with Crippen LogP contribution < -0.4 is 0 Å². The van der Waals surface area contributed by atoms with Crippen LogP contribution >= 0.6 is 0 Å². The summed E-state index contributed by atoms with van der Waals surface area (Å²) >= 11 is 0. The first-order chi connectivity index (χ1) is 10.8. The zero-order valence-electron chi connectivity index (χ0n) is 13.0. The van der Waals surface area contributed by atoms with Crippen molar-refractivity contribution in [1.29, 1.82) is 0 Å². The Labute approximate surface area is 130 Å². The zero-order valence-corrected chi connectivity index (χ0v) is 13.0. The van der Waals surface area contributed by atoms with Gasteiger partial charge in [0.15, 0.2) is 5.82 Å². The van der Waals surface area contributed by atoms with Gasteiger partial charge in [-0.3, -0.25) is 4.79 Å². The Morgan fingerprint density at radius 2 is 2.09 bits per heavy atom. The maximum Gasteiger partial charge on any atom is 0.227 e. The van der Waals surface area contributed by atoms with Crippen LogP contribution in [0.4, 0.5) is 0 Å². The van der Waals surface area contributed by atoms with Crippen molar-refractivity contribution in [2.45, 2.75) is 57.3 Å². The first-order valence-electron chi connectivity index (χ1n) is 8.47. The van der Waals surface area contributed by atoms with E-state index in [1.807, 2.05) is 4.90 Å². The molecule has 1 aliphatic carbocycles. The predicted molar refractivity (Wildman–Crippen MR) is 80.2 cm³/mol. The molecule has 1 amide bonds. The van der Waals surface area contributed by atoms with Crippen molar-refractivity contribution in [3.05, 3.63) is 11.7 Å². The van der Waals surface area contributed by atoms with Crippen molar-refractivity contribution in [2.75, 3.05) is 19.7 Å². The molecule has 22 heavy (non-hydrogen) atoms. The minimum absolute atomic E-state index is 0.124. The van der Waals surface area contributed by atoms with Crippen LogP contribution in [0.15, 0.2) is 4.52 Å². The number of hydrogen-bond acceptors (Lipinski definition) is 5. The van der Waals surface area contributed by atoms with E-state index in [1.54, 1.807) is 0 Å². The Morgan fingerprint density at radius 1 is 1.27 bits per heavy atom. The van der Waals surface area contributed by atoms with E-state index >= 15 is 0 Å². The summed E-state index contributed by atoms with van der Waals surface area (Å²) in [5, 5.41) is 13.3. The van der Waals surface area contributed by atoms with Crippen LogP contribution in [-0.4, -0.2) is 45.8 Å². The number of aliphatic hydroxyl groups excluding tert-OH is 1. The fourth-order valence-electron chi connectivity index (χ4n) is 3.53. The number of carbonyl (C=O) groups excluding carboxylic acids is 1. The molecule has 0 radical (unpaired) electrons. The molecule has 6 heteroatoms.